The van der Waals surface area contributed by atoms with Gasteiger partial charge in [0.05, 0.1) is 26.4 Å². The molecule has 2 heterocycles. The first-order valence-corrected chi connectivity index (χ1v) is 10.2. The summed E-state index contributed by atoms with van der Waals surface area (Å²) < 4.78 is 22.5. The van der Waals surface area contributed by atoms with Gasteiger partial charge in [-0.05, 0) is 61.2 Å². The van der Waals surface area contributed by atoms with E-state index < -0.39 is 6.04 Å². The molecule has 1 aliphatic carbocycles. The van der Waals surface area contributed by atoms with Crippen LogP contribution < -0.4 is 15.2 Å². The largest absolute Gasteiger partial charge is 0.493 e. The normalized spacial score (nSPS) is 14.7. The maximum absolute atomic E-state index is 9.24. The minimum atomic E-state index is -0.556. The monoisotopic (exact) mass is 421 g/mol. The van der Waals surface area contributed by atoms with E-state index in [1.807, 2.05) is 42.5 Å². The van der Waals surface area contributed by atoms with Crippen molar-refractivity contribution in [1.82, 2.24) is 10.1 Å². The van der Waals surface area contributed by atoms with Crippen LogP contribution in [0.25, 0.3) is 33.8 Å². The quantitative estimate of drug-likeness (QED) is 0.439. The van der Waals surface area contributed by atoms with Gasteiger partial charge in [-0.25, -0.2) is 0 Å². The van der Waals surface area contributed by atoms with Crippen molar-refractivity contribution in [2.75, 3.05) is 20.3 Å². The second-order valence-electron chi connectivity index (χ2n) is 7.73. The topological polar surface area (TPSA) is 117 Å². The van der Waals surface area contributed by atoms with Crippen molar-refractivity contribution in [2.24, 2.45) is 11.7 Å². The molecule has 0 radical (unpaired) electrons. The molecule has 1 aliphatic rings. The van der Waals surface area contributed by atoms with Crippen LogP contribution in [0, 0.1) is 5.92 Å². The van der Waals surface area contributed by atoms with Crippen LogP contribution in [-0.4, -0.2) is 35.6 Å². The van der Waals surface area contributed by atoms with Gasteiger partial charge < -0.3 is 29.3 Å². The van der Waals surface area contributed by atoms with Crippen LogP contribution in [0.1, 0.15) is 24.6 Å². The third kappa shape index (κ3) is 3.99. The standard InChI is InChI=1S/C23H23N3O5/c1-28-19-7-5-15(9-21(19)29-12-13-2-3-13)23-25-22(26-31-23)14-4-6-18-16(8-14)10-20(30-18)17(24)11-27/h4-10,13,17,27H,2-3,11-12,24H2,1H3. The first kappa shape index (κ1) is 19.6. The Morgan fingerprint density at radius 3 is 2.74 bits per heavy atom. The van der Waals surface area contributed by atoms with Gasteiger partial charge in [0.25, 0.3) is 5.89 Å². The fourth-order valence-electron chi connectivity index (χ4n) is 3.35. The number of fused-ring (bicyclic) bond motifs is 1. The summed E-state index contributed by atoms with van der Waals surface area (Å²) in [4.78, 5) is 4.55. The van der Waals surface area contributed by atoms with Gasteiger partial charge in [-0.2, -0.15) is 4.98 Å². The molecular formula is C23H23N3O5. The van der Waals surface area contributed by atoms with Gasteiger partial charge >= 0.3 is 0 Å². The van der Waals surface area contributed by atoms with Gasteiger partial charge in [-0.1, -0.05) is 5.16 Å². The Morgan fingerprint density at radius 1 is 1.13 bits per heavy atom. The van der Waals surface area contributed by atoms with Gasteiger partial charge in [0, 0.05) is 16.5 Å². The summed E-state index contributed by atoms with van der Waals surface area (Å²) in [6.07, 6.45) is 2.42. The van der Waals surface area contributed by atoms with Crippen LogP contribution in [0.4, 0.5) is 0 Å². The number of methoxy groups -OCH3 is 1. The Hall–Kier alpha value is -3.36. The van der Waals surface area contributed by atoms with E-state index >= 15 is 0 Å². The molecule has 160 valence electrons. The second kappa shape index (κ2) is 8.05. The minimum absolute atomic E-state index is 0.185. The lowest BCUT2D eigenvalue weighted by molar-refractivity contribution is 0.254. The lowest BCUT2D eigenvalue weighted by Gasteiger charge is -2.10. The van der Waals surface area contributed by atoms with E-state index in [1.165, 1.54) is 12.8 Å². The van der Waals surface area contributed by atoms with Crippen molar-refractivity contribution in [3.05, 3.63) is 48.2 Å². The Kier molecular flexibility index (Phi) is 5.09. The smallest absolute Gasteiger partial charge is 0.258 e. The number of hydrogen-bond donors (Lipinski definition) is 2. The average molecular weight is 421 g/mol. The van der Waals surface area contributed by atoms with E-state index in [-0.39, 0.29) is 6.61 Å². The van der Waals surface area contributed by atoms with E-state index in [0.717, 1.165) is 16.5 Å². The summed E-state index contributed by atoms with van der Waals surface area (Å²) in [5.74, 6) is 3.35. The van der Waals surface area contributed by atoms with Crippen molar-refractivity contribution in [3.8, 4) is 34.3 Å². The SMILES string of the molecule is COc1ccc(-c2nc(-c3ccc4oc(C(N)CO)cc4c3)no2)cc1OCC1CC1. The Bertz CT molecular complexity index is 1210. The van der Waals surface area contributed by atoms with E-state index in [2.05, 4.69) is 10.1 Å². The molecule has 8 heteroatoms. The zero-order valence-electron chi connectivity index (χ0n) is 17.1. The maximum Gasteiger partial charge on any atom is 0.258 e. The summed E-state index contributed by atoms with van der Waals surface area (Å²) in [5.41, 5.74) is 8.07. The molecule has 8 nitrogen and oxygen atoms in total. The van der Waals surface area contributed by atoms with Gasteiger partial charge in [0.2, 0.25) is 5.82 Å². The number of nitrogens with two attached hydrogens (primary N) is 1. The third-order valence-corrected chi connectivity index (χ3v) is 5.36. The molecule has 0 aliphatic heterocycles. The second-order valence-corrected chi connectivity index (χ2v) is 7.73. The van der Waals surface area contributed by atoms with E-state index in [0.29, 0.717) is 47.1 Å². The first-order chi connectivity index (χ1) is 15.1. The number of aliphatic hydroxyl groups excluding tert-OH is 1. The fraction of sp³-hybridized carbons (Fsp3) is 0.304. The molecule has 31 heavy (non-hydrogen) atoms. The van der Waals surface area contributed by atoms with Crippen LogP contribution in [0.15, 0.2) is 51.4 Å². The molecule has 0 saturated heterocycles. The van der Waals surface area contributed by atoms with Crippen molar-refractivity contribution in [2.45, 2.75) is 18.9 Å². The molecular weight excluding hydrogens is 398 g/mol. The van der Waals surface area contributed by atoms with Crippen molar-refractivity contribution < 1.29 is 23.5 Å². The summed E-state index contributed by atoms with van der Waals surface area (Å²) in [5, 5.41) is 14.2. The Balaban J connectivity index is 1.42. The molecule has 0 spiro atoms. The van der Waals surface area contributed by atoms with Crippen molar-refractivity contribution >= 4 is 11.0 Å². The predicted molar refractivity (Wildman–Crippen MR) is 114 cm³/mol. The van der Waals surface area contributed by atoms with Gasteiger partial charge in [-0.15, -0.1) is 0 Å². The first-order valence-electron chi connectivity index (χ1n) is 10.2. The number of rotatable bonds is 8. The zero-order chi connectivity index (χ0) is 21.4. The van der Waals surface area contributed by atoms with Crippen LogP contribution >= 0.6 is 0 Å². The van der Waals surface area contributed by atoms with Crippen LogP contribution in [0.2, 0.25) is 0 Å². The highest BCUT2D eigenvalue weighted by molar-refractivity contribution is 5.83. The van der Waals surface area contributed by atoms with E-state index in [9.17, 15) is 5.11 Å². The Labute approximate surface area is 178 Å². The molecule has 3 N–H and O–H groups in total. The summed E-state index contributed by atoms with van der Waals surface area (Å²) >= 11 is 0. The lowest BCUT2D eigenvalue weighted by atomic mass is 10.1. The van der Waals surface area contributed by atoms with Gasteiger partial charge in [-0.3, -0.25) is 0 Å². The molecule has 1 fully saturated rings. The number of ether oxygens (including phenoxy) is 2. The molecule has 2 aromatic heterocycles. The lowest BCUT2D eigenvalue weighted by Crippen LogP contribution is -2.13. The van der Waals surface area contributed by atoms with E-state index in [1.54, 1.807) is 7.11 Å². The predicted octanol–water partition coefficient (Wildman–Crippen LogP) is 3.94. The summed E-state index contributed by atoms with van der Waals surface area (Å²) in [6.45, 7) is 0.497. The average Bonchev–Trinajstić information content (AvgIpc) is 3.32. The number of hydrogen-bond acceptors (Lipinski definition) is 8. The van der Waals surface area contributed by atoms with Gasteiger partial charge in [0.15, 0.2) is 11.5 Å². The maximum atomic E-state index is 9.24. The van der Waals surface area contributed by atoms with Crippen LogP contribution in [0.5, 0.6) is 11.5 Å². The highest BCUT2D eigenvalue weighted by Gasteiger charge is 2.23. The number of benzene rings is 2. The van der Waals surface area contributed by atoms with Gasteiger partial charge in [0.1, 0.15) is 11.3 Å². The highest BCUT2D eigenvalue weighted by Crippen LogP contribution is 2.36. The van der Waals surface area contributed by atoms with Crippen LogP contribution in [0.3, 0.4) is 0 Å². The van der Waals surface area contributed by atoms with E-state index in [4.69, 9.17) is 24.1 Å². The molecule has 5 rings (SSSR count). The molecule has 1 unspecified atom stereocenters. The number of nitrogens with zero attached hydrogens (tertiary/aromatic N) is 2. The van der Waals surface area contributed by atoms with Crippen molar-refractivity contribution in [3.63, 3.8) is 0 Å². The molecule has 4 aromatic rings. The summed E-state index contributed by atoms with van der Waals surface area (Å²) in [6, 6.07) is 12.4. The minimum Gasteiger partial charge on any atom is -0.493 e. The third-order valence-electron chi connectivity index (χ3n) is 5.36. The number of aromatic nitrogens is 2. The van der Waals surface area contributed by atoms with Crippen molar-refractivity contribution in [1.29, 1.82) is 0 Å². The molecule has 1 atom stereocenters. The zero-order valence-corrected chi connectivity index (χ0v) is 17.1. The fourth-order valence-corrected chi connectivity index (χ4v) is 3.35. The number of furan rings is 1. The van der Waals surface area contributed by atoms with Crippen LogP contribution in [-0.2, 0) is 0 Å². The number of aliphatic hydroxyl groups is 1. The Morgan fingerprint density at radius 2 is 1.97 bits per heavy atom. The highest BCUT2D eigenvalue weighted by atomic mass is 16.5. The molecule has 0 bridgehead atoms. The molecule has 0 amide bonds. The summed E-state index contributed by atoms with van der Waals surface area (Å²) in [7, 11) is 1.62. The molecule has 2 aromatic carbocycles. The molecule has 1 saturated carbocycles.